The first-order valence-corrected chi connectivity index (χ1v) is 7.21. The van der Waals surface area contributed by atoms with Crippen LogP contribution in [0.25, 0.3) is 0 Å². The van der Waals surface area contributed by atoms with Gasteiger partial charge in [0.25, 0.3) is 0 Å². The summed E-state index contributed by atoms with van der Waals surface area (Å²) in [7, 11) is 0. The van der Waals surface area contributed by atoms with E-state index in [-0.39, 0.29) is 5.91 Å². The molecule has 0 radical (unpaired) electrons. The molecule has 1 rings (SSSR count). The normalized spacial score (nSPS) is 25.3. The lowest BCUT2D eigenvalue weighted by atomic mass is 10.0. The van der Waals surface area contributed by atoms with Gasteiger partial charge in [0.05, 0.1) is 0 Å². The van der Waals surface area contributed by atoms with Gasteiger partial charge in [-0.15, -0.1) is 0 Å². The number of rotatable bonds is 6. The third kappa shape index (κ3) is 6.67. The summed E-state index contributed by atoms with van der Waals surface area (Å²) in [4.78, 5) is 11.7. The maximum atomic E-state index is 11.7. The molecular formula is C14H28N2O. The van der Waals surface area contributed by atoms with E-state index < -0.39 is 0 Å². The van der Waals surface area contributed by atoms with Crippen LogP contribution in [0.5, 0.6) is 0 Å². The van der Waals surface area contributed by atoms with Gasteiger partial charge in [-0.3, -0.25) is 4.79 Å². The summed E-state index contributed by atoms with van der Waals surface area (Å²) in [5.74, 6) is 1.07. The number of nitrogens with two attached hydrogens (primary N) is 1. The topological polar surface area (TPSA) is 55.1 Å². The summed E-state index contributed by atoms with van der Waals surface area (Å²) in [6.07, 6.45) is 9.94. The van der Waals surface area contributed by atoms with Crippen molar-refractivity contribution in [1.29, 1.82) is 0 Å². The van der Waals surface area contributed by atoms with Gasteiger partial charge in [0.1, 0.15) is 0 Å². The minimum Gasteiger partial charge on any atom is -0.353 e. The molecule has 0 saturated heterocycles. The molecule has 3 N–H and O–H groups in total. The van der Waals surface area contributed by atoms with E-state index in [1.54, 1.807) is 0 Å². The molecule has 0 spiro atoms. The molecule has 1 fully saturated rings. The molecule has 0 bridgehead atoms. The fourth-order valence-electron chi connectivity index (χ4n) is 2.54. The third-order valence-electron chi connectivity index (χ3n) is 3.73. The molecule has 2 atom stereocenters. The monoisotopic (exact) mass is 240 g/mol. The standard InChI is InChI=1S/C14H28N2O/c1-12-6-5-7-13(10-9-12)16-14(17)8-3-2-4-11-15/h12-13H,2-11,15H2,1H3,(H,16,17). The van der Waals surface area contributed by atoms with Gasteiger partial charge in [0, 0.05) is 12.5 Å². The van der Waals surface area contributed by atoms with E-state index in [0.717, 1.165) is 38.1 Å². The molecule has 1 saturated carbocycles. The van der Waals surface area contributed by atoms with Gasteiger partial charge in [0.15, 0.2) is 0 Å². The predicted octanol–water partition coefficient (Wildman–Crippen LogP) is 2.59. The highest BCUT2D eigenvalue weighted by Crippen LogP contribution is 2.22. The van der Waals surface area contributed by atoms with Crippen LogP contribution in [-0.2, 0) is 4.79 Å². The number of carbonyl (C=O) groups is 1. The van der Waals surface area contributed by atoms with Crippen LogP contribution in [0.3, 0.4) is 0 Å². The Morgan fingerprint density at radius 3 is 2.76 bits per heavy atom. The number of hydrogen-bond donors (Lipinski definition) is 2. The van der Waals surface area contributed by atoms with Crippen LogP contribution in [0, 0.1) is 5.92 Å². The van der Waals surface area contributed by atoms with Crippen molar-refractivity contribution < 1.29 is 4.79 Å². The zero-order valence-electron chi connectivity index (χ0n) is 11.2. The van der Waals surface area contributed by atoms with Gasteiger partial charge in [-0.2, -0.15) is 0 Å². The molecule has 17 heavy (non-hydrogen) atoms. The quantitative estimate of drug-likeness (QED) is 0.554. The summed E-state index contributed by atoms with van der Waals surface area (Å²) in [5.41, 5.74) is 5.42. The lowest BCUT2D eigenvalue weighted by Crippen LogP contribution is -2.34. The molecule has 3 nitrogen and oxygen atoms in total. The summed E-state index contributed by atoms with van der Waals surface area (Å²) in [5, 5.41) is 3.19. The van der Waals surface area contributed by atoms with Gasteiger partial charge in [-0.1, -0.05) is 26.2 Å². The molecule has 0 aromatic carbocycles. The van der Waals surface area contributed by atoms with Crippen molar-refractivity contribution in [3.05, 3.63) is 0 Å². The Bertz CT molecular complexity index is 218. The van der Waals surface area contributed by atoms with Crippen molar-refractivity contribution >= 4 is 5.91 Å². The van der Waals surface area contributed by atoms with Crippen LogP contribution < -0.4 is 11.1 Å². The predicted molar refractivity (Wildman–Crippen MR) is 71.7 cm³/mol. The average molecular weight is 240 g/mol. The Morgan fingerprint density at radius 1 is 1.18 bits per heavy atom. The van der Waals surface area contributed by atoms with Crippen molar-refractivity contribution in [2.24, 2.45) is 11.7 Å². The highest BCUT2D eigenvalue weighted by atomic mass is 16.1. The molecule has 0 aliphatic heterocycles. The minimum absolute atomic E-state index is 0.238. The van der Waals surface area contributed by atoms with Crippen molar-refractivity contribution in [3.8, 4) is 0 Å². The minimum atomic E-state index is 0.238. The van der Waals surface area contributed by atoms with Crippen LogP contribution in [0.2, 0.25) is 0 Å². The molecule has 0 heterocycles. The number of unbranched alkanes of at least 4 members (excludes halogenated alkanes) is 2. The summed E-state index contributed by atoms with van der Waals surface area (Å²) in [6.45, 7) is 3.05. The highest BCUT2D eigenvalue weighted by Gasteiger charge is 2.17. The van der Waals surface area contributed by atoms with Crippen molar-refractivity contribution in [2.75, 3.05) is 6.54 Å². The summed E-state index contributed by atoms with van der Waals surface area (Å²) in [6, 6.07) is 0.432. The van der Waals surface area contributed by atoms with Crippen LogP contribution in [-0.4, -0.2) is 18.5 Å². The van der Waals surface area contributed by atoms with Crippen LogP contribution >= 0.6 is 0 Å². The average Bonchev–Trinajstić information content (AvgIpc) is 2.50. The van der Waals surface area contributed by atoms with Crippen LogP contribution in [0.1, 0.15) is 64.7 Å². The van der Waals surface area contributed by atoms with E-state index in [2.05, 4.69) is 12.2 Å². The zero-order chi connectivity index (χ0) is 12.5. The summed E-state index contributed by atoms with van der Waals surface area (Å²) < 4.78 is 0. The second-order valence-corrected chi connectivity index (χ2v) is 5.48. The highest BCUT2D eigenvalue weighted by molar-refractivity contribution is 5.76. The Kier molecular flexibility index (Phi) is 7.25. The van der Waals surface area contributed by atoms with E-state index in [4.69, 9.17) is 5.73 Å². The van der Waals surface area contributed by atoms with Crippen molar-refractivity contribution in [2.45, 2.75) is 70.8 Å². The first-order valence-electron chi connectivity index (χ1n) is 7.21. The largest absolute Gasteiger partial charge is 0.353 e. The van der Waals surface area contributed by atoms with Crippen molar-refractivity contribution in [3.63, 3.8) is 0 Å². The molecule has 100 valence electrons. The van der Waals surface area contributed by atoms with Gasteiger partial charge >= 0.3 is 0 Å². The van der Waals surface area contributed by atoms with E-state index >= 15 is 0 Å². The van der Waals surface area contributed by atoms with Gasteiger partial charge in [-0.05, 0) is 44.6 Å². The van der Waals surface area contributed by atoms with E-state index in [9.17, 15) is 4.79 Å². The molecule has 0 aromatic rings. The van der Waals surface area contributed by atoms with Gasteiger partial charge in [0.2, 0.25) is 5.91 Å². The lowest BCUT2D eigenvalue weighted by Gasteiger charge is -2.16. The van der Waals surface area contributed by atoms with Crippen LogP contribution in [0.4, 0.5) is 0 Å². The second-order valence-electron chi connectivity index (χ2n) is 5.48. The first-order chi connectivity index (χ1) is 8.22. The molecule has 0 aromatic heterocycles. The summed E-state index contributed by atoms with van der Waals surface area (Å²) >= 11 is 0. The second kappa shape index (κ2) is 8.51. The zero-order valence-corrected chi connectivity index (χ0v) is 11.2. The SMILES string of the molecule is CC1CCCC(NC(=O)CCCCCN)CC1. The van der Waals surface area contributed by atoms with Gasteiger partial charge < -0.3 is 11.1 Å². The van der Waals surface area contributed by atoms with E-state index in [0.29, 0.717) is 12.5 Å². The first kappa shape index (κ1) is 14.5. The molecule has 1 amide bonds. The third-order valence-corrected chi connectivity index (χ3v) is 3.73. The fourth-order valence-corrected chi connectivity index (χ4v) is 2.54. The number of hydrogen-bond acceptors (Lipinski definition) is 2. The van der Waals surface area contributed by atoms with E-state index in [1.807, 2.05) is 0 Å². The maximum Gasteiger partial charge on any atom is 0.220 e. The van der Waals surface area contributed by atoms with Gasteiger partial charge in [-0.25, -0.2) is 0 Å². The lowest BCUT2D eigenvalue weighted by molar-refractivity contribution is -0.122. The Hall–Kier alpha value is -0.570. The smallest absolute Gasteiger partial charge is 0.220 e. The van der Waals surface area contributed by atoms with E-state index in [1.165, 1.54) is 25.7 Å². The molecule has 2 unspecified atom stereocenters. The molecular weight excluding hydrogens is 212 g/mol. The number of carbonyl (C=O) groups excluding carboxylic acids is 1. The fraction of sp³-hybridized carbons (Fsp3) is 0.929. The Balaban J connectivity index is 2.12. The molecule has 3 heteroatoms. The number of amides is 1. The molecule has 1 aliphatic rings. The number of nitrogens with one attached hydrogen (secondary N) is 1. The Labute approximate surface area is 106 Å². The van der Waals surface area contributed by atoms with Crippen molar-refractivity contribution in [1.82, 2.24) is 5.32 Å². The maximum absolute atomic E-state index is 11.7. The Morgan fingerprint density at radius 2 is 2.00 bits per heavy atom. The molecule has 1 aliphatic carbocycles. The van der Waals surface area contributed by atoms with Crippen LogP contribution in [0.15, 0.2) is 0 Å².